The molecule has 2 aromatic carbocycles. The second-order valence-corrected chi connectivity index (χ2v) is 3.15. The van der Waals surface area contributed by atoms with Crippen LogP contribution in [-0.4, -0.2) is 23.9 Å². The van der Waals surface area contributed by atoms with E-state index in [0.29, 0.717) is 0 Å². The predicted molar refractivity (Wildman–Crippen MR) is 67.6 cm³/mol. The number of hydrogen-bond acceptors (Lipinski definition) is 0. The summed E-state index contributed by atoms with van der Waals surface area (Å²) in [5.41, 5.74) is 2.47. The van der Waals surface area contributed by atoms with E-state index in [1.807, 2.05) is 36.4 Å². The van der Waals surface area contributed by atoms with Gasteiger partial charge in [0.05, 0.1) is 0 Å². The molecule has 15 heavy (non-hydrogen) atoms. The Morgan fingerprint density at radius 2 is 0.867 bits per heavy atom. The molecule has 0 saturated heterocycles. The number of benzene rings is 2. The molecule has 0 unspecified atom stereocenters. The third-order valence-electron chi connectivity index (χ3n) is 2.07. The van der Waals surface area contributed by atoms with E-state index in [1.165, 1.54) is 11.1 Å². The fourth-order valence-corrected chi connectivity index (χ4v) is 1.32. The molecule has 0 aliphatic rings. The van der Waals surface area contributed by atoms with Gasteiger partial charge in [-0.05, 0) is 11.1 Å². The average molecular weight is 299 g/mol. The largest absolute Gasteiger partial charge is 0.0622 e. The van der Waals surface area contributed by atoms with Crippen molar-refractivity contribution in [3.05, 3.63) is 71.8 Å². The minimum absolute atomic E-state index is 0. The molecule has 0 heterocycles. The van der Waals surface area contributed by atoms with Gasteiger partial charge >= 0.3 is 0 Å². The number of hydrogen-bond donors (Lipinski definition) is 0. The Morgan fingerprint density at radius 1 is 0.533 bits per heavy atom. The van der Waals surface area contributed by atoms with Crippen molar-refractivity contribution in [1.82, 2.24) is 0 Å². The second kappa shape index (κ2) is 6.46. The van der Waals surface area contributed by atoms with Crippen LogP contribution in [0.15, 0.2) is 60.7 Å². The maximum Gasteiger partial charge on any atom is 0 e. The topological polar surface area (TPSA) is 0 Å². The minimum atomic E-state index is 0. The smallest absolute Gasteiger partial charge is 0 e. The van der Waals surface area contributed by atoms with Gasteiger partial charge < -0.3 is 0 Å². The Kier molecular flexibility index (Phi) is 5.19. The molecule has 2 rings (SSSR count). The van der Waals surface area contributed by atoms with Gasteiger partial charge in [-0.2, -0.15) is 0 Å². The predicted octanol–water partition coefficient (Wildman–Crippen LogP) is 3.48. The molecular formula is C14H12Sn. The summed E-state index contributed by atoms with van der Waals surface area (Å²) in [5.74, 6) is 0. The van der Waals surface area contributed by atoms with E-state index < -0.39 is 0 Å². The minimum Gasteiger partial charge on any atom is -0.0622 e. The van der Waals surface area contributed by atoms with Crippen molar-refractivity contribution < 1.29 is 0 Å². The van der Waals surface area contributed by atoms with Crippen molar-refractivity contribution in [1.29, 1.82) is 0 Å². The third-order valence-corrected chi connectivity index (χ3v) is 2.07. The van der Waals surface area contributed by atoms with Crippen LogP contribution < -0.4 is 0 Å². The van der Waals surface area contributed by atoms with Gasteiger partial charge in [0.15, 0.2) is 0 Å². The summed E-state index contributed by atoms with van der Waals surface area (Å²) in [4.78, 5) is 0. The van der Waals surface area contributed by atoms with Crippen LogP contribution >= 0.6 is 0 Å². The van der Waals surface area contributed by atoms with Crippen molar-refractivity contribution in [2.75, 3.05) is 0 Å². The molecule has 1 heteroatoms. The van der Waals surface area contributed by atoms with Gasteiger partial charge in [0.25, 0.3) is 0 Å². The molecule has 0 aromatic heterocycles. The maximum absolute atomic E-state index is 2.12. The van der Waals surface area contributed by atoms with Gasteiger partial charge in [-0.25, -0.2) is 0 Å². The molecule has 4 radical (unpaired) electrons. The summed E-state index contributed by atoms with van der Waals surface area (Å²) in [6.45, 7) is 0. The van der Waals surface area contributed by atoms with Crippen molar-refractivity contribution >= 4 is 36.1 Å². The van der Waals surface area contributed by atoms with E-state index in [0.717, 1.165) is 0 Å². The van der Waals surface area contributed by atoms with Gasteiger partial charge in [0.1, 0.15) is 0 Å². The summed E-state index contributed by atoms with van der Waals surface area (Å²) in [6.07, 6.45) is 4.24. The first-order valence-corrected chi connectivity index (χ1v) is 4.73. The zero-order chi connectivity index (χ0) is 9.64. The van der Waals surface area contributed by atoms with E-state index in [-0.39, 0.29) is 23.9 Å². The molecule has 0 N–H and O–H groups in total. The van der Waals surface area contributed by atoms with E-state index >= 15 is 0 Å². The van der Waals surface area contributed by atoms with Gasteiger partial charge in [-0.15, -0.1) is 0 Å². The van der Waals surface area contributed by atoms with Crippen LogP contribution in [0.3, 0.4) is 0 Å². The molecule has 72 valence electrons. The van der Waals surface area contributed by atoms with E-state index in [9.17, 15) is 0 Å². The Bertz CT molecular complexity index is 362. The first-order chi connectivity index (χ1) is 6.95. The van der Waals surface area contributed by atoms with Gasteiger partial charge in [0, 0.05) is 23.9 Å². The fraction of sp³-hybridized carbons (Fsp3) is 0. The Morgan fingerprint density at radius 3 is 1.20 bits per heavy atom. The quantitative estimate of drug-likeness (QED) is 0.588. The van der Waals surface area contributed by atoms with Crippen LogP contribution in [0, 0.1) is 0 Å². The van der Waals surface area contributed by atoms with E-state index in [1.54, 1.807) is 0 Å². The van der Waals surface area contributed by atoms with Crippen LogP contribution in [0.4, 0.5) is 0 Å². The summed E-state index contributed by atoms with van der Waals surface area (Å²) in [6, 6.07) is 20.6. The first kappa shape index (κ1) is 12.1. The molecule has 0 aliphatic carbocycles. The van der Waals surface area contributed by atoms with E-state index in [2.05, 4.69) is 36.4 Å². The van der Waals surface area contributed by atoms with Crippen molar-refractivity contribution in [3.8, 4) is 0 Å². The van der Waals surface area contributed by atoms with Gasteiger partial charge in [-0.3, -0.25) is 0 Å². The van der Waals surface area contributed by atoms with Crippen LogP contribution in [0.5, 0.6) is 0 Å². The van der Waals surface area contributed by atoms with Gasteiger partial charge in [0.2, 0.25) is 0 Å². The van der Waals surface area contributed by atoms with Crippen molar-refractivity contribution in [3.63, 3.8) is 0 Å². The third kappa shape index (κ3) is 3.92. The van der Waals surface area contributed by atoms with Crippen LogP contribution in [0.2, 0.25) is 0 Å². The van der Waals surface area contributed by atoms with Crippen LogP contribution in [0.1, 0.15) is 11.1 Å². The van der Waals surface area contributed by atoms with Crippen LogP contribution in [0.25, 0.3) is 12.2 Å². The zero-order valence-electron chi connectivity index (χ0n) is 8.43. The molecular weight excluding hydrogens is 287 g/mol. The normalized spacial score (nSPS) is 9.87. The summed E-state index contributed by atoms with van der Waals surface area (Å²) >= 11 is 0. The molecule has 0 spiro atoms. The Hall–Kier alpha value is -1.02. The summed E-state index contributed by atoms with van der Waals surface area (Å²) < 4.78 is 0. The number of rotatable bonds is 2. The van der Waals surface area contributed by atoms with Crippen molar-refractivity contribution in [2.45, 2.75) is 0 Å². The molecule has 0 saturated carbocycles. The standard InChI is InChI=1S/C14H12.Sn/c1-3-7-13(8-4-1)11-12-14-9-5-2-6-10-14;/h1-12H;. The summed E-state index contributed by atoms with van der Waals surface area (Å²) in [5, 5.41) is 0. The molecule has 0 aliphatic heterocycles. The Balaban J connectivity index is 0.00000112. The monoisotopic (exact) mass is 300 g/mol. The SMILES string of the molecule is C(=Cc1ccccc1)c1ccccc1.[Sn]. The van der Waals surface area contributed by atoms with E-state index in [4.69, 9.17) is 0 Å². The van der Waals surface area contributed by atoms with Gasteiger partial charge in [-0.1, -0.05) is 72.8 Å². The molecule has 2 aromatic rings. The fourth-order valence-electron chi connectivity index (χ4n) is 1.32. The summed E-state index contributed by atoms with van der Waals surface area (Å²) in [7, 11) is 0. The molecule has 0 fully saturated rings. The molecule has 0 bridgehead atoms. The van der Waals surface area contributed by atoms with Crippen LogP contribution in [-0.2, 0) is 0 Å². The molecule has 0 amide bonds. The second-order valence-electron chi connectivity index (χ2n) is 3.15. The zero-order valence-corrected chi connectivity index (χ0v) is 11.3. The molecule has 0 nitrogen and oxygen atoms in total. The maximum atomic E-state index is 2.12. The molecule has 0 atom stereocenters. The average Bonchev–Trinajstić information content (AvgIpc) is 2.29. The van der Waals surface area contributed by atoms with Crippen molar-refractivity contribution in [2.24, 2.45) is 0 Å². The first-order valence-electron chi connectivity index (χ1n) is 4.73. The Labute approximate surface area is 108 Å².